The van der Waals surface area contributed by atoms with E-state index in [4.69, 9.17) is 21.1 Å². The van der Waals surface area contributed by atoms with Crippen LogP contribution < -0.4 is 25.0 Å². The Morgan fingerprint density at radius 1 is 0.972 bits per heavy atom. The summed E-state index contributed by atoms with van der Waals surface area (Å²) in [5.41, 5.74) is 2.53. The highest BCUT2D eigenvalue weighted by Gasteiger charge is 2.40. The third-order valence-corrected chi connectivity index (χ3v) is 5.80. The number of aryl methyl sites for hydroxylation is 1. The van der Waals surface area contributed by atoms with Gasteiger partial charge in [-0.15, -0.1) is 0 Å². The smallest absolute Gasteiger partial charge is 0.283 e. The Labute approximate surface area is 213 Å². The molecular weight excluding hydrogens is 482 g/mol. The fourth-order valence-electron chi connectivity index (χ4n) is 3.70. The summed E-state index contributed by atoms with van der Waals surface area (Å²) in [7, 11) is 1.46. The summed E-state index contributed by atoms with van der Waals surface area (Å²) < 4.78 is 10.9. The molecule has 9 heteroatoms. The first-order valence-electron chi connectivity index (χ1n) is 11.2. The number of carbonyl (C=O) groups is 3. The van der Waals surface area contributed by atoms with Crippen LogP contribution >= 0.6 is 11.6 Å². The van der Waals surface area contributed by atoms with Crippen molar-refractivity contribution in [3.05, 3.63) is 88.6 Å². The molecular formula is C27H24ClN3O5. The van der Waals surface area contributed by atoms with E-state index >= 15 is 0 Å². The Balaban J connectivity index is 1.50. The van der Waals surface area contributed by atoms with Gasteiger partial charge < -0.3 is 20.1 Å². The molecule has 1 aliphatic heterocycles. The van der Waals surface area contributed by atoms with Crippen LogP contribution in [0.15, 0.2) is 77.5 Å². The quantitative estimate of drug-likeness (QED) is 0.414. The zero-order valence-electron chi connectivity index (χ0n) is 19.9. The second-order valence-corrected chi connectivity index (χ2v) is 8.27. The van der Waals surface area contributed by atoms with Gasteiger partial charge in [-0.05, 0) is 67.9 Å². The van der Waals surface area contributed by atoms with Crippen LogP contribution in [0.2, 0.25) is 0 Å². The second kappa shape index (κ2) is 10.5. The van der Waals surface area contributed by atoms with Crippen molar-refractivity contribution in [2.24, 2.45) is 0 Å². The molecule has 1 heterocycles. The highest BCUT2D eigenvalue weighted by atomic mass is 35.5. The number of halogens is 1. The van der Waals surface area contributed by atoms with E-state index in [1.807, 2.05) is 26.0 Å². The van der Waals surface area contributed by atoms with Crippen LogP contribution in [0, 0.1) is 6.92 Å². The number of methoxy groups -OCH3 is 1. The van der Waals surface area contributed by atoms with Gasteiger partial charge in [0.25, 0.3) is 17.7 Å². The SMILES string of the molecule is CCOc1ccccc1NC(=O)c1ccc(NC2=C(Cl)C(=O)N(c3cc(C)ccc3OC)C2=O)cc1. The van der Waals surface area contributed by atoms with Gasteiger partial charge in [-0.1, -0.05) is 29.8 Å². The summed E-state index contributed by atoms with van der Waals surface area (Å²) in [6, 6.07) is 18.8. The third kappa shape index (κ3) is 4.89. The van der Waals surface area contributed by atoms with Gasteiger partial charge in [-0.2, -0.15) is 0 Å². The number of nitrogens with zero attached hydrogens (tertiary/aromatic N) is 1. The van der Waals surface area contributed by atoms with Crippen molar-refractivity contribution in [1.82, 2.24) is 0 Å². The maximum absolute atomic E-state index is 13.1. The standard InChI is InChI=1S/C27H24ClN3O5/c1-4-36-21-8-6-5-7-19(21)30-25(32)17-10-12-18(13-11-17)29-24-23(28)26(33)31(27(24)34)20-15-16(2)9-14-22(20)35-3/h5-15,29H,4H2,1-3H3,(H,30,32). The number of hydrogen-bond acceptors (Lipinski definition) is 6. The molecule has 3 amide bonds. The number of ether oxygens (including phenoxy) is 2. The summed E-state index contributed by atoms with van der Waals surface area (Å²) >= 11 is 6.25. The number of imide groups is 1. The molecule has 0 fully saturated rings. The second-order valence-electron chi connectivity index (χ2n) is 7.90. The van der Waals surface area contributed by atoms with E-state index in [9.17, 15) is 14.4 Å². The molecule has 184 valence electrons. The van der Waals surface area contributed by atoms with Crippen LogP contribution in [0.4, 0.5) is 17.1 Å². The zero-order chi connectivity index (χ0) is 25.8. The fourth-order valence-corrected chi connectivity index (χ4v) is 3.91. The molecule has 0 saturated carbocycles. The highest BCUT2D eigenvalue weighted by molar-refractivity contribution is 6.53. The summed E-state index contributed by atoms with van der Waals surface area (Å²) in [5.74, 6) is -0.641. The Kier molecular flexibility index (Phi) is 7.26. The molecule has 0 saturated heterocycles. The van der Waals surface area contributed by atoms with Gasteiger partial charge in [0.1, 0.15) is 22.2 Å². The maximum Gasteiger partial charge on any atom is 0.283 e. The number of hydrogen-bond donors (Lipinski definition) is 2. The van der Waals surface area contributed by atoms with Crippen LogP contribution in [0.3, 0.4) is 0 Å². The number of anilines is 3. The Morgan fingerprint density at radius 3 is 2.39 bits per heavy atom. The molecule has 0 radical (unpaired) electrons. The van der Waals surface area contributed by atoms with Crippen LogP contribution in [-0.4, -0.2) is 31.4 Å². The van der Waals surface area contributed by atoms with E-state index in [0.29, 0.717) is 40.7 Å². The fraction of sp³-hybridized carbons (Fsp3) is 0.148. The third-order valence-electron chi connectivity index (χ3n) is 5.45. The molecule has 36 heavy (non-hydrogen) atoms. The molecule has 8 nitrogen and oxygen atoms in total. The summed E-state index contributed by atoms with van der Waals surface area (Å²) in [6.07, 6.45) is 0. The van der Waals surface area contributed by atoms with E-state index in [0.717, 1.165) is 10.5 Å². The molecule has 0 aliphatic carbocycles. The number of rotatable bonds is 8. The predicted molar refractivity (Wildman–Crippen MR) is 139 cm³/mol. The number of nitrogens with one attached hydrogen (secondary N) is 2. The average Bonchev–Trinajstić information content (AvgIpc) is 3.08. The van der Waals surface area contributed by atoms with Crippen molar-refractivity contribution in [3.8, 4) is 11.5 Å². The van der Waals surface area contributed by atoms with Crippen molar-refractivity contribution >= 4 is 46.4 Å². The average molecular weight is 506 g/mol. The number of carbonyl (C=O) groups excluding carboxylic acids is 3. The summed E-state index contributed by atoms with van der Waals surface area (Å²) in [4.78, 5) is 39.7. The van der Waals surface area contributed by atoms with Gasteiger partial charge in [0.05, 0.1) is 25.1 Å². The molecule has 3 aromatic carbocycles. The molecule has 0 bridgehead atoms. The molecule has 0 atom stereocenters. The minimum atomic E-state index is -0.656. The van der Waals surface area contributed by atoms with E-state index in [1.165, 1.54) is 7.11 Å². The van der Waals surface area contributed by atoms with Crippen LogP contribution in [0.5, 0.6) is 11.5 Å². The van der Waals surface area contributed by atoms with Crippen molar-refractivity contribution in [2.75, 3.05) is 29.3 Å². The molecule has 2 N–H and O–H groups in total. The van der Waals surface area contributed by atoms with Crippen LogP contribution in [-0.2, 0) is 9.59 Å². The molecule has 4 rings (SSSR count). The normalized spacial score (nSPS) is 13.2. The van der Waals surface area contributed by atoms with Crippen LogP contribution in [0.25, 0.3) is 0 Å². The van der Waals surface area contributed by atoms with Gasteiger partial charge in [0, 0.05) is 11.3 Å². The first kappa shape index (κ1) is 24.8. The lowest BCUT2D eigenvalue weighted by atomic mass is 10.1. The molecule has 1 aliphatic rings. The summed E-state index contributed by atoms with van der Waals surface area (Å²) in [5, 5.41) is 5.50. The van der Waals surface area contributed by atoms with E-state index in [1.54, 1.807) is 54.6 Å². The van der Waals surface area contributed by atoms with E-state index < -0.39 is 11.8 Å². The van der Waals surface area contributed by atoms with Gasteiger partial charge in [0.2, 0.25) is 0 Å². The Bertz CT molecular complexity index is 1370. The Hall–Kier alpha value is -4.30. The van der Waals surface area contributed by atoms with Gasteiger partial charge >= 0.3 is 0 Å². The zero-order valence-corrected chi connectivity index (χ0v) is 20.7. The van der Waals surface area contributed by atoms with E-state index in [2.05, 4.69) is 10.6 Å². The monoisotopic (exact) mass is 505 g/mol. The molecule has 0 unspecified atom stereocenters. The first-order valence-corrected chi connectivity index (χ1v) is 11.5. The molecule has 0 aromatic heterocycles. The number of benzene rings is 3. The lowest BCUT2D eigenvalue weighted by molar-refractivity contribution is -0.120. The minimum absolute atomic E-state index is 0.0620. The first-order chi connectivity index (χ1) is 17.3. The Morgan fingerprint density at radius 2 is 1.69 bits per heavy atom. The lowest BCUT2D eigenvalue weighted by Gasteiger charge is -2.18. The minimum Gasteiger partial charge on any atom is -0.495 e. The lowest BCUT2D eigenvalue weighted by Crippen LogP contribution is -2.32. The highest BCUT2D eigenvalue weighted by Crippen LogP contribution is 2.36. The predicted octanol–water partition coefficient (Wildman–Crippen LogP) is 5.09. The number of amides is 3. The number of para-hydroxylation sites is 2. The van der Waals surface area contributed by atoms with Crippen LogP contribution in [0.1, 0.15) is 22.8 Å². The van der Waals surface area contributed by atoms with Gasteiger partial charge in [-0.3, -0.25) is 14.4 Å². The van der Waals surface area contributed by atoms with Crippen molar-refractivity contribution < 1.29 is 23.9 Å². The van der Waals surface area contributed by atoms with Gasteiger partial charge in [-0.25, -0.2) is 4.90 Å². The maximum atomic E-state index is 13.1. The summed E-state index contributed by atoms with van der Waals surface area (Å²) in [6.45, 7) is 4.18. The van der Waals surface area contributed by atoms with Crippen molar-refractivity contribution in [3.63, 3.8) is 0 Å². The largest absolute Gasteiger partial charge is 0.495 e. The molecule has 0 spiro atoms. The van der Waals surface area contributed by atoms with Crippen molar-refractivity contribution in [2.45, 2.75) is 13.8 Å². The van der Waals surface area contributed by atoms with E-state index in [-0.39, 0.29) is 16.6 Å². The topological polar surface area (TPSA) is 97.0 Å². The van der Waals surface area contributed by atoms with Crippen molar-refractivity contribution in [1.29, 1.82) is 0 Å². The van der Waals surface area contributed by atoms with Gasteiger partial charge in [0.15, 0.2) is 0 Å². The molecule has 3 aromatic rings.